The van der Waals surface area contributed by atoms with E-state index in [0.717, 1.165) is 12.2 Å². The molecule has 0 spiro atoms. The van der Waals surface area contributed by atoms with Crippen molar-refractivity contribution >= 4 is 11.9 Å². The van der Waals surface area contributed by atoms with Crippen molar-refractivity contribution in [3.63, 3.8) is 0 Å². The van der Waals surface area contributed by atoms with Crippen LogP contribution in [0.15, 0.2) is 23.5 Å². The molecular weight excluding hydrogens is 192 g/mol. The third kappa shape index (κ3) is 1.60. The molecule has 2 atom stereocenters. The van der Waals surface area contributed by atoms with Gasteiger partial charge in [-0.3, -0.25) is 4.79 Å². The van der Waals surface area contributed by atoms with E-state index in [1.807, 2.05) is 0 Å². The lowest BCUT2D eigenvalue weighted by Crippen LogP contribution is -2.32. The van der Waals surface area contributed by atoms with E-state index in [0.29, 0.717) is 0 Å². The number of hydrogen-bond donors (Lipinski definition) is 4. The van der Waals surface area contributed by atoms with E-state index in [9.17, 15) is 14.7 Å². The lowest BCUT2D eigenvalue weighted by atomic mass is 9.92. The summed E-state index contributed by atoms with van der Waals surface area (Å²) in [4.78, 5) is 21.0. The first kappa shape index (κ1) is 10.3. The average Bonchev–Trinajstić information content (AvgIpc) is 2.08. The molecule has 1 aliphatic carbocycles. The minimum absolute atomic E-state index is 0.491. The van der Waals surface area contributed by atoms with Crippen LogP contribution in [0.4, 0.5) is 0 Å². The van der Waals surface area contributed by atoms with E-state index in [4.69, 9.17) is 15.3 Å². The van der Waals surface area contributed by atoms with Crippen LogP contribution in [0.25, 0.3) is 0 Å². The maximum absolute atomic E-state index is 10.5. The number of carboxylic acids is 2. The number of aliphatic hydroxyl groups excluding tert-OH is 2. The van der Waals surface area contributed by atoms with Crippen molar-refractivity contribution in [3.05, 3.63) is 23.5 Å². The van der Waals surface area contributed by atoms with Crippen LogP contribution in [-0.4, -0.2) is 38.5 Å². The molecule has 1 aliphatic rings. The molecule has 0 aromatic carbocycles. The normalized spacial score (nSPS) is 26.4. The standard InChI is InChI=1S/C8H8O6/c9-5-3(7(11)12)1-2-4(6(5)10)8(13)14/h1-3,5,9-10H,(H,11,12)(H,13,14). The smallest absolute Gasteiger partial charge is 0.339 e. The molecule has 0 saturated carbocycles. The van der Waals surface area contributed by atoms with Gasteiger partial charge in [0.25, 0.3) is 0 Å². The highest BCUT2D eigenvalue weighted by Gasteiger charge is 2.33. The molecule has 0 heterocycles. The molecule has 0 amide bonds. The summed E-state index contributed by atoms with van der Waals surface area (Å²) >= 11 is 0. The molecule has 0 aliphatic heterocycles. The van der Waals surface area contributed by atoms with Gasteiger partial charge in [-0.1, -0.05) is 6.08 Å². The van der Waals surface area contributed by atoms with Crippen LogP contribution in [0.1, 0.15) is 0 Å². The highest BCUT2D eigenvalue weighted by Crippen LogP contribution is 2.22. The van der Waals surface area contributed by atoms with Crippen molar-refractivity contribution in [1.29, 1.82) is 0 Å². The third-order valence-corrected chi connectivity index (χ3v) is 1.88. The topological polar surface area (TPSA) is 115 Å². The van der Waals surface area contributed by atoms with Crippen molar-refractivity contribution in [2.45, 2.75) is 6.10 Å². The molecule has 2 unspecified atom stereocenters. The Balaban J connectivity index is 3.04. The van der Waals surface area contributed by atoms with Gasteiger partial charge in [0.2, 0.25) is 0 Å². The predicted octanol–water partition coefficient (Wildman–Crippen LogP) is -0.485. The van der Waals surface area contributed by atoms with E-state index in [-0.39, 0.29) is 0 Å². The lowest BCUT2D eigenvalue weighted by Gasteiger charge is -2.20. The van der Waals surface area contributed by atoms with Gasteiger partial charge >= 0.3 is 11.9 Å². The van der Waals surface area contributed by atoms with E-state index < -0.39 is 35.3 Å². The van der Waals surface area contributed by atoms with Crippen LogP contribution in [0, 0.1) is 5.92 Å². The minimum Gasteiger partial charge on any atom is -0.509 e. The van der Waals surface area contributed by atoms with Gasteiger partial charge in [-0.25, -0.2) is 4.79 Å². The maximum atomic E-state index is 10.5. The van der Waals surface area contributed by atoms with Gasteiger partial charge in [-0.05, 0) is 6.08 Å². The van der Waals surface area contributed by atoms with E-state index in [2.05, 4.69) is 0 Å². The number of rotatable bonds is 2. The van der Waals surface area contributed by atoms with Crippen LogP contribution in [-0.2, 0) is 9.59 Å². The molecule has 0 radical (unpaired) electrons. The number of aliphatic hydroxyl groups is 2. The number of hydrogen-bond acceptors (Lipinski definition) is 4. The zero-order valence-electron chi connectivity index (χ0n) is 6.91. The van der Waals surface area contributed by atoms with Crippen LogP contribution >= 0.6 is 0 Å². The van der Waals surface area contributed by atoms with Crippen molar-refractivity contribution in [2.24, 2.45) is 5.92 Å². The first-order chi connectivity index (χ1) is 6.45. The van der Waals surface area contributed by atoms with Gasteiger partial charge in [-0.15, -0.1) is 0 Å². The second-order valence-corrected chi connectivity index (χ2v) is 2.77. The lowest BCUT2D eigenvalue weighted by molar-refractivity contribution is -0.143. The summed E-state index contributed by atoms with van der Waals surface area (Å²) in [5.41, 5.74) is -0.491. The van der Waals surface area contributed by atoms with Gasteiger partial charge in [0.05, 0.1) is 5.57 Å². The zero-order valence-corrected chi connectivity index (χ0v) is 6.91. The van der Waals surface area contributed by atoms with Gasteiger partial charge in [0, 0.05) is 0 Å². The summed E-state index contributed by atoms with van der Waals surface area (Å²) in [6.07, 6.45) is 0.280. The first-order valence-corrected chi connectivity index (χ1v) is 3.70. The predicted molar refractivity (Wildman–Crippen MR) is 43.6 cm³/mol. The SMILES string of the molecule is O=C(O)C1=C(O)C(O)C(C(=O)O)C=C1. The third-order valence-electron chi connectivity index (χ3n) is 1.88. The molecule has 0 saturated heterocycles. The molecule has 76 valence electrons. The Morgan fingerprint density at radius 1 is 1.29 bits per heavy atom. The molecule has 0 aromatic heterocycles. The summed E-state index contributed by atoms with van der Waals surface area (Å²) in [5, 5.41) is 35.5. The Morgan fingerprint density at radius 2 is 1.86 bits per heavy atom. The summed E-state index contributed by atoms with van der Waals surface area (Å²) in [6, 6.07) is 0. The fourth-order valence-electron chi connectivity index (χ4n) is 1.12. The fraction of sp³-hybridized carbons (Fsp3) is 0.250. The van der Waals surface area contributed by atoms with Crippen molar-refractivity contribution in [2.75, 3.05) is 0 Å². The van der Waals surface area contributed by atoms with Crippen LogP contribution in [0.2, 0.25) is 0 Å². The van der Waals surface area contributed by atoms with E-state index in [1.54, 1.807) is 0 Å². The average molecular weight is 200 g/mol. The second-order valence-electron chi connectivity index (χ2n) is 2.77. The van der Waals surface area contributed by atoms with E-state index >= 15 is 0 Å². The van der Waals surface area contributed by atoms with Crippen LogP contribution < -0.4 is 0 Å². The van der Waals surface area contributed by atoms with Gasteiger partial charge in [-0.2, -0.15) is 0 Å². The number of carboxylic acid groups (broad SMARTS) is 2. The Kier molecular flexibility index (Phi) is 2.57. The molecule has 1 rings (SSSR count). The summed E-state index contributed by atoms with van der Waals surface area (Å²) in [5.74, 6) is -4.88. The second kappa shape index (κ2) is 3.51. The van der Waals surface area contributed by atoms with Crippen molar-refractivity contribution < 1.29 is 30.0 Å². The largest absolute Gasteiger partial charge is 0.509 e. The first-order valence-electron chi connectivity index (χ1n) is 3.70. The van der Waals surface area contributed by atoms with E-state index in [1.165, 1.54) is 0 Å². The van der Waals surface area contributed by atoms with Gasteiger partial charge in [0.1, 0.15) is 17.8 Å². The Morgan fingerprint density at radius 3 is 2.29 bits per heavy atom. The summed E-state index contributed by atoms with van der Waals surface area (Å²) < 4.78 is 0. The highest BCUT2D eigenvalue weighted by molar-refractivity contribution is 5.91. The highest BCUT2D eigenvalue weighted by atomic mass is 16.4. The molecule has 4 N–H and O–H groups in total. The molecule has 0 bridgehead atoms. The summed E-state index contributed by atoms with van der Waals surface area (Å²) in [7, 11) is 0. The number of carbonyl (C=O) groups is 2. The molecule has 0 aromatic rings. The molecule has 6 heteroatoms. The quantitative estimate of drug-likeness (QED) is 0.478. The summed E-state index contributed by atoms with van der Waals surface area (Å²) in [6.45, 7) is 0. The van der Waals surface area contributed by atoms with Crippen molar-refractivity contribution in [1.82, 2.24) is 0 Å². The van der Waals surface area contributed by atoms with Crippen molar-refractivity contribution in [3.8, 4) is 0 Å². The van der Waals surface area contributed by atoms with Crippen LogP contribution in [0.3, 0.4) is 0 Å². The molecular formula is C8H8O6. The Bertz CT molecular complexity index is 340. The Hall–Kier alpha value is -1.82. The minimum atomic E-state index is -1.70. The number of aliphatic carboxylic acids is 2. The molecule has 0 fully saturated rings. The fourth-order valence-corrected chi connectivity index (χ4v) is 1.12. The molecule has 14 heavy (non-hydrogen) atoms. The van der Waals surface area contributed by atoms with Crippen LogP contribution in [0.5, 0.6) is 0 Å². The van der Waals surface area contributed by atoms with Gasteiger partial charge < -0.3 is 20.4 Å². The monoisotopic (exact) mass is 200 g/mol. The van der Waals surface area contributed by atoms with Gasteiger partial charge in [0.15, 0.2) is 0 Å². The zero-order chi connectivity index (χ0) is 10.9. The molecule has 6 nitrogen and oxygen atoms in total. The Labute approximate surface area is 78.4 Å². The maximum Gasteiger partial charge on any atom is 0.339 e.